The zero-order valence-electron chi connectivity index (χ0n) is 6.10. The fourth-order valence-corrected chi connectivity index (χ4v) is 1.03. The summed E-state index contributed by atoms with van der Waals surface area (Å²) in [5, 5.41) is 17.9. The van der Waals surface area contributed by atoms with E-state index in [0.717, 1.165) is 0 Å². The first-order valence-corrected chi connectivity index (χ1v) is 3.48. The summed E-state index contributed by atoms with van der Waals surface area (Å²) in [5.74, 6) is 0. The standard InChI is InChI=1S/C6H13N2O3/c7-3-1-4(10)5(2-9)11-6(3)8/h3-5,9-10H,1-2,7-8H2/t3-,4+,5-/m1/s1. The van der Waals surface area contributed by atoms with Gasteiger partial charge in [0.05, 0.1) is 18.8 Å². The van der Waals surface area contributed by atoms with Gasteiger partial charge in [-0.05, 0) is 6.42 Å². The average molecular weight is 161 g/mol. The van der Waals surface area contributed by atoms with Crippen LogP contribution in [-0.2, 0) is 4.74 Å². The van der Waals surface area contributed by atoms with Gasteiger partial charge in [0.25, 0.3) is 0 Å². The largest absolute Gasteiger partial charge is 0.394 e. The lowest BCUT2D eigenvalue weighted by Crippen LogP contribution is -2.51. The number of nitrogens with two attached hydrogens (primary N) is 2. The Hall–Kier alpha value is -0.200. The molecule has 0 aromatic carbocycles. The molecule has 0 saturated carbocycles. The molecular formula is C6H13N2O3. The molecule has 0 aliphatic carbocycles. The molecule has 0 amide bonds. The number of aliphatic hydroxyl groups excluding tert-OH is 2. The van der Waals surface area contributed by atoms with Gasteiger partial charge in [0.2, 0.25) is 0 Å². The van der Waals surface area contributed by atoms with Gasteiger partial charge in [-0.15, -0.1) is 0 Å². The molecule has 6 N–H and O–H groups in total. The lowest BCUT2D eigenvalue weighted by Gasteiger charge is -2.33. The van der Waals surface area contributed by atoms with Gasteiger partial charge >= 0.3 is 0 Å². The first-order chi connectivity index (χ1) is 5.15. The molecule has 0 aromatic rings. The van der Waals surface area contributed by atoms with E-state index in [1.165, 1.54) is 0 Å². The maximum Gasteiger partial charge on any atom is 0.176 e. The Kier molecular flexibility index (Phi) is 2.80. The molecule has 0 spiro atoms. The van der Waals surface area contributed by atoms with E-state index in [2.05, 4.69) is 0 Å². The second-order valence-corrected chi connectivity index (χ2v) is 2.65. The summed E-state index contributed by atoms with van der Waals surface area (Å²) in [6, 6.07) is -0.423. The first-order valence-electron chi connectivity index (χ1n) is 3.48. The minimum absolute atomic E-state index is 0.189. The zero-order chi connectivity index (χ0) is 8.43. The van der Waals surface area contributed by atoms with Crippen molar-refractivity contribution in [1.29, 1.82) is 0 Å². The van der Waals surface area contributed by atoms with Crippen LogP contribution >= 0.6 is 0 Å². The van der Waals surface area contributed by atoms with Crippen LogP contribution in [0.4, 0.5) is 0 Å². The highest BCUT2D eigenvalue weighted by Gasteiger charge is 2.33. The van der Waals surface area contributed by atoms with Crippen molar-refractivity contribution in [3.05, 3.63) is 6.23 Å². The molecule has 5 nitrogen and oxygen atoms in total. The summed E-state index contributed by atoms with van der Waals surface area (Å²) in [6.07, 6.45) is -0.803. The van der Waals surface area contributed by atoms with Gasteiger partial charge in [0.1, 0.15) is 6.10 Å². The third-order valence-corrected chi connectivity index (χ3v) is 1.76. The van der Waals surface area contributed by atoms with E-state index in [1.54, 1.807) is 0 Å². The number of ether oxygens (including phenoxy) is 1. The van der Waals surface area contributed by atoms with Gasteiger partial charge in [0.15, 0.2) is 6.23 Å². The molecule has 1 aliphatic heterocycles. The van der Waals surface area contributed by atoms with Crippen molar-refractivity contribution in [3.63, 3.8) is 0 Å². The Bertz CT molecular complexity index is 133. The molecule has 1 heterocycles. The molecule has 0 aromatic heterocycles. The molecule has 1 fully saturated rings. The minimum atomic E-state index is -0.720. The van der Waals surface area contributed by atoms with Crippen LogP contribution in [0.3, 0.4) is 0 Å². The zero-order valence-corrected chi connectivity index (χ0v) is 6.10. The van der Waals surface area contributed by atoms with E-state index in [1.807, 2.05) is 0 Å². The Morgan fingerprint density at radius 1 is 1.64 bits per heavy atom. The number of aliphatic hydroxyl groups is 2. The molecule has 5 heteroatoms. The maximum atomic E-state index is 9.22. The van der Waals surface area contributed by atoms with Crippen molar-refractivity contribution in [2.75, 3.05) is 6.61 Å². The van der Waals surface area contributed by atoms with Crippen molar-refractivity contribution in [1.82, 2.24) is 0 Å². The summed E-state index contributed by atoms with van der Waals surface area (Å²) in [5.41, 5.74) is 10.8. The van der Waals surface area contributed by atoms with Crippen LogP contribution in [0.2, 0.25) is 0 Å². The highest BCUT2D eigenvalue weighted by atomic mass is 16.5. The molecule has 0 bridgehead atoms. The van der Waals surface area contributed by atoms with E-state index in [-0.39, 0.29) is 12.8 Å². The smallest absolute Gasteiger partial charge is 0.176 e. The molecule has 1 rings (SSSR count). The number of rotatable bonds is 1. The molecule has 3 atom stereocenters. The lowest BCUT2D eigenvalue weighted by molar-refractivity contribution is -0.0965. The van der Waals surface area contributed by atoms with Crippen molar-refractivity contribution in [2.45, 2.75) is 24.7 Å². The van der Waals surface area contributed by atoms with Crippen molar-refractivity contribution >= 4 is 0 Å². The SMILES string of the molecule is N[C]1O[C@H](CO)[C@@H](O)C[C@H]1N. The van der Waals surface area contributed by atoms with E-state index >= 15 is 0 Å². The van der Waals surface area contributed by atoms with Crippen LogP contribution in [0.25, 0.3) is 0 Å². The fourth-order valence-electron chi connectivity index (χ4n) is 1.03. The van der Waals surface area contributed by atoms with E-state index in [0.29, 0.717) is 6.42 Å². The second kappa shape index (κ2) is 3.46. The Morgan fingerprint density at radius 3 is 2.82 bits per heavy atom. The third-order valence-electron chi connectivity index (χ3n) is 1.76. The Balaban J connectivity index is 2.48. The lowest BCUT2D eigenvalue weighted by atomic mass is 10.0. The van der Waals surface area contributed by atoms with E-state index < -0.39 is 18.2 Å². The summed E-state index contributed by atoms with van der Waals surface area (Å²) < 4.78 is 4.93. The topological polar surface area (TPSA) is 102 Å². The summed E-state index contributed by atoms with van der Waals surface area (Å²) >= 11 is 0. The molecule has 65 valence electrons. The van der Waals surface area contributed by atoms with E-state index in [9.17, 15) is 5.11 Å². The van der Waals surface area contributed by atoms with Crippen molar-refractivity contribution in [3.8, 4) is 0 Å². The molecule has 1 saturated heterocycles. The highest BCUT2D eigenvalue weighted by molar-refractivity contribution is 4.94. The van der Waals surface area contributed by atoms with Gasteiger partial charge in [-0.1, -0.05) is 0 Å². The Labute approximate surface area is 64.9 Å². The predicted octanol–water partition coefficient (Wildman–Crippen LogP) is -2.10. The van der Waals surface area contributed by atoms with Crippen LogP contribution < -0.4 is 11.5 Å². The summed E-state index contributed by atoms with van der Waals surface area (Å²) in [7, 11) is 0. The van der Waals surface area contributed by atoms with Crippen molar-refractivity contribution < 1.29 is 14.9 Å². The monoisotopic (exact) mass is 161 g/mol. The van der Waals surface area contributed by atoms with Crippen LogP contribution in [0.5, 0.6) is 0 Å². The summed E-state index contributed by atoms with van der Waals surface area (Å²) in [6.45, 7) is -0.241. The predicted molar refractivity (Wildman–Crippen MR) is 38.0 cm³/mol. The van der Waals surface area contributed by atoms with Crippen molar-refractivity contribution in [2.24, 2.45) is 11.5 Å². The number of hydrogen-bond donors (Lipinski definition) is 4. The Morgan fingerprint density at radius 2 is 2.27 bits per heavy atom. The molecule has 11 heavy (non-hydrogen) atoms. The number of hydrogen-bond acceptors (Lipinski definition) is 5. The second-order valence-electron chi connectivity index (χ2n) is 2.65. The van der Waals surface area contributed by atoms with Gasteiger partial charge in [-0.2, -0.15) is 0 Å². The van der Waals surface area contributed by atoms with Gasteiger partial charge in [0, 0.05) is 0 Å². The van der Waals surface area contributed by atoms with E-state index in [4.69, 9.17) is 21.3 Å². The first kappa shape index (κ1) is 8.89. The van der Waals surface area contributed by atoms with Gasteiger partial charge in [-0.3, -0.25) is 5.73 Å². The fraction of sp³-hybridized carbons (Fsp3) is 0.833. The quantitative estimate of drug-likeness (QED) is 0.353. The van der Waals surface area contributed by atoms with Crippen LogP contribution in [-0.4, -0.2) is 35.1 Å². The molecule has 1 radical (unpaired) electrons. The molecule has 0 unspecified atom stereocenters. The van der Waals surface area contributed by atoms with Crippen LogP contribution in [0, 0.1) is 6.23 Å². The minimum Gasteiger partial charge on any atom is -0.394 e. The molecular weight excluding hydrogens is 148 g/mol. The van der Waals surface area contributed by atoms with Gasteiger partial charge in [-0.25, -0.2) is 0 Å². The van der Waals surface area contributed by atoms with Crippen LogP contribution in [0.1, 0.15) is 6.42 Å². The third kappa shape index (κ3) is 1.88. The maximum absolute atomic E-state index is 9.22. The molecule has 1 aliphatic rings. The average Bonchev–Trinajstić information content (AvgIpc) is 1.97. The normalized spacial score (nSPS) is 40.9. The van der Waals surface area contributed by atoms with Crippen LogP contribution in [0.15, 0.2) is 0 Å². The summed E-state index contributed by atoms with van der Waals surface area (Å²) in [4.78, 5) is 0. The van der Waals surface area contributed by atoms with Gasteiger partial charge < -0.3 is 20.7 Å². The highest BCUT2D eigenvalue weighted by Crippen LogP contribution is 2.19.